The van der Waals surface area contributed by atoms with Gasteiger partial charge in [-0.1, -0.05) is 71.8 Å². The lowest BCUT2D eigenvalue weighted by Crippen LogP contribution is -2.54. The highest BCUT2D eigenvalue weighted by molar-refractivity contribution is 6.30. The number of rotatable bonds is 5. The van der Waals surface area contributed by atoms with Crippen molar-refractivity contribution in [3.8, 4) is 0 Å². The lowest BCUT2D eigenvalue weighted by molar-refractivity contribution is 0.00660. The fraction of sp³-hybridized carbons (Fsp3) is 0.276. The second-order valence-electron chi connectivity index (χ2n) is 9.43. The van der Waals surface area contributed by atoms with E-state index in [9.17, 15) is 9.90 Å². The molecule has 6 heteroatoms. The van der Waals surface area contributed by atoms with Gasteiger partial charge in [-0.2, -0.15) is 0 Å². The third-order valence-electron chi connectivity index (χ3n) is 7.36. The van der Waals surface area contributed by atoms with Crippen molar-refractivity contribution in [1.82, 2.24) is 4.90 Å². The van der Waals surface area contributed by atoms with Crippen LogP contribution in [0.1, 0.15) is 52.5 Å². The summed E-state index contributed by atoms with van der Waals surface area (Å²) in [6.07, 6.45) is -0.745. The van der Waals surface area contributed by atoms with Crippen molar-refractivity contribution in [1.29, 1.82) is 0 Å². The Kier molecular flexibility index (Phi) is 6.27. The van der Waals surface area contributed by atoms with Gasteiger partial charge in [-0.25, -0.2) is 0 Å². The number of ether oxygens (including phenoxy) is 1. The molecular weight excluding hydrogens is 481 g/mol. The second-order valence-corrected chi connectivity index (χ2v) is 10.3. The van der Waals surface area contributed by atoms with Crippen molar-refractivity contribution in [2.45, 2.75) is 31.5 Å². The maximum absolute atomic E-state index is 14.3. The minimum Gasteiger partial charge on any atom is -0.390 e. The van der Waals surface area contributed by atoms with Gasteiger partial charge in [-0.15, -0.1) is 0 Å². The summed E-state index contributed by atoms with van der Waals surface area (Å²) in [4.78, 5) is 16.2. The van der Waals surface area contributed by atoms with Crippen molar-refractivity contribution < 1.29 is 14.6 Å². The summed E-state index contributed by atoms with van der Waals surface area (Å²) in [6, 6.07) is 20.7. The quantitative estimate of drug-likeness (QED) is 0.429. The summed E-state index contributed by atoms with van der Waals surface area (Å²) < 4.78 is 5.77. The van der Waals surface area contributed by atoms with Crippen molar-refractivity contribution in [2.75, 3.05) is 13.2 Å². The van der Waals surface area contributed by atoms with Gasteiger partial charge in [0.1, 0.15) is 5.54 Å². The van der Waals surface area contributed by atoms with Crippen LogP contribution in [0.25, 0.3) is 5.57 Å². The Morgan fingerprint density at radius 3 is 2.26 bits per heavy atom. The Morgan fingerprint density at radius 2 is 1.69 bits per heavy atom. The molecule has 4 nitrogen and oxygen atoms in total. The van der Waals surface area contributed by atoms with Crippen LogP contribution in [0, 0.1) is 5.92 Å². The molecule has 1 amide bonds. The van der Waals surface area contributed by atoms with Gasteiger partial charge in [0.15, 0.2) is 0 Å². The Bertz CT molecular complexity index is 1290. The average molecular weight is 508 g/mol. The minimum absolute atomic E-state index is 0.0976. The zero-order valence-corrected chi connectivity index (χ0v) is 21.2. The Balaban J connectivity index is 1.82. The van der Waals surface area contributed by atoms with E-state index in [1.54, 1.807) is 0 Å². The SMILES string of the molecule is C=C(C)c1ccc2c(c1)C(=O)N([C@@H](C)c1ccc(Cl)cc1)[C@@]2(c1ccc(Cl)cc1)C1COC[C@@H]1O. The van der Waals surface area contributed by atoms with Crippen molar-refractivity contribution in [3.05, 3.63) is 111 Å². The van der Waals surface area contributed by atoms with Crippen molar-refractivity contribution >= 4 is 34.7 Å². The van der Waals surface area contributed by atoms with E-state index < -0.39 is 11.6 Å². The van der Waals surface area contributed by atoms with Gasteiger partial charge < -0.3 is 14.7 Å². The van der Waals surface area contributed by atoms with E-state index in [2.05, 4.69) is 6.58 Å². The third-order valence-corrected chi connectivity index (χ3v) is 7.87. The van der Waals surface area contributed by atoms with Gasteiger partial charge in [0.2, 0.25) is 0 Å². The monoisotopic (exact) mass is 507 g/mol. The van der Waals surface area contributed by atoms with E-state index in [4.69, 9.17) is 27.9 Å². The average Bonchev–Trinajstić information content (AvgIpc) is 3.38. The van der Waals surface area contributed by atoms with Crippen LogP contribution in [0.2, 0.25) is 10.0 Å². The predicted molar refractivity (Wildman–Crippen MR) is 140 cm³/mol. The Labute approximate surface area is 215 Å². The fourth-order valence-corrected chi connectivity index (χ4v) is 5.90. The highest BCUT2D eigenvalue weighted by Crippen LogP contribution is 2.55. The number of carbonyl (C=O) groups is 1. The highest BCUT2D eigenvalue weighted by Gasteiger charge is 2.59. The zero-order valence-electron chi connectivity index (χ0n) is 19.7. The standard InChI is InChI=1S/C29H27Cl2NO3/c1-17(2)20-6-13-25-24(14-20)28(34)32(18(3)19-4-9-22(30)10-5-19)29(25,26-15-35-16-27(26)33)21-7-11-23(31)12-8-21/h4-14,18,26-27,33H,1,15-16H2,2-3H3/t18-,26?,27-,29+/m0/s1. The first kappa shape index (κ1) is 24.1. The molecule has 0 aromatic heterocycles. The van der Waals surface area contributed by atoms with Crippen LogP contribution in [0.4, 0.5) is 0 Å². The predicted octanol–water partition coefficient (Wildman–Crippen LogP) is 6.49. The molecule has 35 heavy (non-hydrogen) atoms. The van der Waals surface area contributed by atoms with E-state index in [1.807, 2.05) is 85.5 Å². The number of amides is 1. The van der Waals surface area contributed by atoms with E-state index in [0.29, 0.717) is 22.2 Å². The van der Waals surface area contributed by atoms with Gasteiger partial charge in [-0.05, 0) is 66.4 Å². The number of carbonyl (C=O) groups excluding carboxylic acids is 1. The normalized spacial score (nSPS) is 24.5. The van der Waals surface area contributed by atoms with Crippen LogP contribution >= 0.6 is 23.2 Å². The molecule has 0 saturated carbocycles. The molecule has 0 radical (unpaired) electrons. The first-order valence-corrected chi connectivity index (χ1v) is 12.4. The lowest BCUT2D eigenvalue weighted by Gasteiger charge is -2.47. The smallest absolute Gasteiger partial charge is 0.255 e. The van der Waals surface area contributed by atoms with Crippen LogP contribution in [0.3, 0.4) is 0 Å². The van der Waals surface area contributed by atoms with Gasteiger partial charge in [0.25, 0.3) is 5.91 Å². The van der Waals surface area contributed by atoms with Gasteiger partial charge >= 0.3 is 0 Å². The summed E-state index contributed by atoms with van der Waals surface area (Å²) in [5.74, 6) is -0.473. The zero-order chi connectivity index (χ0) is 24.9. The van der Waals surface area contributed by atoms with Crippen molar-refractivity contribution in [2.24, 2.45) is 5.92 Å². The molecule has 2 aliphatic rings. The molecule has 1 saturated heterocycles. The third kappa shape index (κ3) is 3.80. The number of fused-ring (bicyclic) bond motifs is 1. The Morgan fingerprint density at radius 1 is 1.06 bits per heavy atom. The van der Waals surface area contributed by atoms with Gasteiger partial charge in [0.05, 0.1) is 25.4 Å². The molecule has 4 atom stereocenters. The molecule has 180 valence electrons. The molecular formula is C29H27Cl2NO3. The summed E-state index contributed by atoms with van der Waals surface area (Å²) in [7, 11) is 0. The van der Waals surface area contributed by atoms with Crippen LogP contribution in [-0.4, -0.2) is 35.2 Å². The molecule has 2 heterocycles. The molecule has 0 aliphatic carbocycles. The topological polar surface area (TPSA) is 49.8 Å². The first-order valence-electron chi connectivity index (χ1n) is 11.7. The van der Waals surface area contributed by atoms with E-state index in [0.717, 1.165) is 27.8 Å². The second kappa shape index (κ2) is 9.11. The lowest BCUT2D eigenvalue weighted by atomic mass is 9.70. The van der Waals surface area contributed by atoms with Crippen LogP contribution in [-0.2, 0) is 10.3 Å². The molecule has 5 rings (SSSR count). The number of hydrogen-bond donors (Lipinski definition) is 1. The van der Waals surface area contributed by atoms with Crippen LogP contribution in [0.15, 0.2) is 73.3 Å². The molecule has 3 aromatic rings. The number of allylic oxidation sites excluding steroid dienone is 1. The highest BCUT2D eigenvalue weighted by atomic mass is 35.5. The maximum atomic E-state index is 14.3. The number of aliphatic hydroxyl groups is 1. The van der Waals surface area contributed by atoms with Gasteiger partial charge in [-0.3, -0.25) is 4.79 Å². The summed E-state index contributed by atoms with van der Waals surface area (Å²) in [5, 5.41) is 12.4. The van der Waals surface area contributed by atoms with E-state index in [-0.39, 0.29) is 24.5 Å². The Hall–Kier alpha value is -2.63. The summed E-state index contributed by atoms with van der Waals surface area (Å²) in [6.45, 7) is 8.55. The van der Waals surface area contributed by atoms with Crippen molar-refractivity contribution in [3.63, 3.8) is 0 Å². The van der Waals surface area contributed by atoms with E-state index >= 15 is 0 Å². The fourth-order valence-electron chi connectivity index (χ4n) is 5.64. The summed E-state index contributed by atoms with van der Waals surface area (Å²) >= 11 is 12.4. The number of nitrogens with zero attached hydrogens (tertiary/aromatic N) is 1. The molecule has 2 aliphatic heterocycles. The van der Waals surface area contributed by atoms with E-state index in [1.165, 1.54) is 0 Å². The molecule has 3 aromatic carbocycles. The molecule has 1 N–H and O–H groups in total. The number of halogens is 2. The largest absolute Gasteiger partial charge is 0.390 e. The minimum atomic E-state index is -0.959. The molecule has 0 spiro atoms. The molecule has 1 unspecified atom stereocenters. The summed E-state index contributed by atoms with van der Waals surface area (Å²) in [5.41, 5.74) is 4.12. The number of benzene rings is 3. The first-order chi connectivity index (χ1) is 16.7. The number of hydrogen-bond acceptors (Lipinski definition) is 3. The number of aliphatic hydroxyl groups excluding tert-OH is 1. The maximum Gasteiger partial charge on any atom is 0.255 e. The van der Waals surface area contributed by atoms with Crippen LogP contribution < -0.4 is 0 Å². The van der Waals surface area contributed by atoms with Gasteiger partial charge in [0, 0.05) is 21.5 Å². The molecule has 1 fully saturated rings. The molecule has 0 bridgehead atoms. The van der Waals surface area contributed by atoms with Crippen LogP contribution in [0.5, 0.6) is 0 Å².